The molecule has 0 heterocycles. The van der Waals surface area contributed by atoms with Gasteiger partial charge >= 0.3 is 0 Å². The molecule has 1 aromatic rings. The molecule has 1 fully saturated rings. The summed E-state index contributed by atoms with van der Waals surface area (Å²) in [6.07, 6.45) is 3.27. The van der Waals surface area contributed by atoms with Crippen LogP contribution >= 0.6 is 0 Å². The lowest BCUT2D eigenvalue weighted by Gasteiger charge is -2.46. The number of nitrogens with two attached hydrogens (primary N) is 1. The Labute approximate surface area is 124 Å². The van der Waals surface area contributed by atoms with Crippen molar-refractivity contribution in [3.63, 3.8) is 0 Å². The Kier molecular flexibility index (Phi) is 4.66. The van der Waals surface area contributed by atoms with Crippen LogP contribution in [0.25, 0.3) is 0 Å². The summed E-state index contributed by atoms with van der Waals surface area (Å²) in [5.41, 5.74) is 2.07. The van der Waals surface area contributed by atoms with Crippen molar-refractivity contribution in [2.75, 3.05) is 7.11 Å². The zero-order valence-corrected chi connectivity index (χ0v) is 12.9. The van der Waals surface area contributed by atoms with Gasteiger partial charge in [-0.3, -0.25) is 5.84 Å². The van der Waals surface area contributed by atoms with Gasteiger partial charge in [-0.2, -0.15) is 0 Å². The van der Waals surface area contributed by atoms with Crippen molar-refractivity contribution in [1.82, 2.24) is 5.43 Å². The van der Waals surface area contributed by atoms with E-state index in [1.54, 1.807) is 7.11 Å². The van der Waals surface area contributed by atoms with Crippen molar-refractivity contribution in [3.8, 4) is 0 Å². The average Bonchev–Trinajstić information content (AvgIpc) is 2.44. The topological polar surface area (TPSA) is 47.3 Å². The highest BCUT2D eigenvalue weighted by atomic mass is 19.1. The fourth-order valence-electron chi connectivity index (χ4n) is 3.25. The highest BCUT2D eigenvalue weighted by molar-refractivity contribution is 5.26. The monoisotopic (exact) mass is 298 g/mol. The minimum Gasteiger partial charge on any atom is -0.376 e. The van der Waals surface area contributed by atoms with Crippen LogP contribution in [0, 0.1) is 17.0 Å². The molecule has 1 saturated carbocycles. The SMILES string of the molecule is COC1(C(NN)c2c(F)cccc2F)CCC(C)(C)CC1. The van der Waals surface area contributed by atoms with Crippen molar-refractivity contribution in [3.05, 3.63) is 35.4 Å². The Hall–Kier alpha value is -1.04. The first-order valence-corrected chi connectivity index (χ1v) is 7.30. The second-order valence-electron chi connectivity index (χ2n) is 6.67. The van der Waals surface area contributed by atoms with E-state index in [0.717, 1.165) is 12.8 Å². The number of rotatable bonds is 4. The fourth-order valence-corrected chi connectivity index (χ4v) is 3.25. The summed E-state index contributed by atoms with van der Waals surface area (Å²) < 4.78 is 33.9. The molecule has 0 saturated heterocycles. The van der Waals surface area contributed by atoms with Gasteiger partial charge in [0.1, 0.15) is 11.6 Å². The van der Waals surface area contributed by atoms with Crippen LogP contribution in [0.1, 0.15) is 51.1 Å². The minimum absolute atomic E-state index is 0.0402. The normalized spacial score (nSPS) is 22.0. The summed E-state index contributed by atoms with van der Waals surface area (Å²) in [6.45, 7) is 4.39. The number of ether oxygens (including phenoxy) is 1. The Morgan fingerprint density at radius 1 is 1.14 bits per heavy atom. The van der Waals surface area contributed by atoms with Crippen LogP contribution in [-0.2, 0) is 4.74 Å². The summed E-state index contributed by atoms with van der Waals surface area (Å²) >= 11 is 0. The second-order valence-corrected chi connectivity index (χ2v) is 6.67. The molecule has 0 aliphatic heterocycles. The number of methoxy groups -OCH3 is 1. The van der Waals surface area contributed by atoms with Gasteiger partial charge in [-0.25, -0.2) is 14.2 Å². The average molecular weight is 298 g/mol. The number of halogens is 2. The summed E-state index contributed by atoms with van der Waals surface area (Å²) in [4.78, 5) is 0. The van der Waals surface area contributed by atoms with Gasteiger partial charge in [-0.15, -0.1) is 0 Å². The van der Waals surface area contributed by atoms with Gasteiger partial charge in [-0.1, -0.05) is 19.9 Å². The highest BCUT2D eigenvalue weighted by Crippen LogP contribution is 2.47. The van der Waals surface area contributed by atoms with E-state index < -0.39 is 23.3 Å². The summed E-state index contributed by atoms with van der Waals surface area (Å²) in [5.74, 6) is 4.44. The van der Waals surface area contributed by atoms with Gasteiger partial charge in [0.2, 0.25) is 0 Å². The van der Waals surface area contributed by atoms with Crippen molar-refractivity contribution < 1.29 is 13.5 Å². The molecule has 1 unspecified atom stereocenters. The number of hydrogen-bond donors (Lipinski definition) is 2. The second kappa shape index (κ2) is 5.99. The highest BCUT2D eigenvalue weighted by Gasteiger charge is 2.46. The maximum absolute atomic E-state index is 14.1. The molecule has 1 aliphatic rings. The Morgan fingerprint density at radius 3 is 2.10 bits per heavy atom. The van der Waals surface area contributed by atoms with E-state index in [0.29, 0.717) is 12.8 Å². The molecule has 0 amide bonds. The molecular weight excluding hydrogens is 274 g/mol. The molecule has 2 rings (SSSR count). The van der Waals surface area contributed by atoms with Crippen LogP contribution in [0.15, 0.2) is 18.2 Å². The molecule has 5 heteroatoms. The quantitative estimate of drug-likeness (QED) is 0.661. The lowest BCUT2D eigenvalue weighted by atomic mass is 9.67. The summed E-state index contributed by atoms with van der Waals surface area (Å²) in [6, 6.07) is 3.14. The van der Waals surface area contributed by atoms with E-state index in [1.165, 1.54) is 18.2 Å². The van der Waals surface area contributed by atoms with Gasteiger partial charge in [0, 0.05) is 12.7 Å². The van der Waals surface area contributed by atoms with Crippen LogP contribution < -0.4 is 11.3 Å². The summed E-state index contributed by atoms with van der Waals surface area (Å²) in [7, 11) is 1.58. The van der Waals surface area contributed by atoms with Gasteiger partial charge in [0.25, 0.3) is 0 Å². The lowest BCUT2D eigenvalue weighted by Crippen LogP contribution is -2.51. The van der Waals surface area contributed by atoms with Crippen molar-refractivity contribution in [2.24, 2.45) is 11.3 Å². The first-order chi connectivity index (χ1) is 9.85. The minimum atomic E-state index is -0.709. The van der Waals surface area contributed by atoms with E-state index in [-0.39, 0.29) is 11.0 Å². The van der Waals surface area contributed by atoms with Crippen LogP contribution in [0.4, 0.5) is 8.78 Å². The number of benzene rings is 1. The number of hydrazine groups is 1. The molecule has 3 N–H and O–H groups in total. The first-order valence-electron chi connectivity index (χ1n) is 7.30. The van der Waals surface area contributed by atoms with Gasteiger partial charge in [0.05, 0.1) is 11.6 Å². The molecule has 118 valence electrons. The van der Waals surface area contributed by atoms with Gasteiger partial charge in [-0.05, 0) is 43.2 Å². The van der Waals surface area contributed by atoms with E-state index in [4.69, 9.17) is 10.6 Å². The predicted molar refractivity (Wildman–Crippen MR) is 78.4 cm³/mol. The van der Waals surface area contributed by atoms with Gasteiger partial charge in [0.15, 0.2) is 0 Å². The zero-order chi connectivity index (χ0) is 15.7. The molecule has 0 aromatic heterocycles. The van der Waals surface area contributed by atoms with Crippen LogP contribution in [-0.4, -0.2) is 12.7 Å². The molecular formula is C16H24F2N2O. The predicted octanol–water partition coefficient (Wildman–Crippen LogP) is 3.45. The van der Waals surface area contributed by atoms with Crippen LogP contribution in [0.2, 0.25) is 0 Å². The third kappa shape index (κ3) is 3.10. The molecule has 1 aliphatic carbocycles. The smallest absolute Gasteiger partial charge is 0.131 e. The zero-order valence-electron chi connectivity index (χ0n) is 12.9. The fraction of sp³-hybridized carbons (Fsp3) is 0.625. The largest absolute Gasteiger partial charge is 0.376 e. The van der Waals surface area contributed by atoms with E-state index in [1.807, 2.05) is 0 Å². The van der Waals surface area contributed by atoms with Gasteiger partial charge < -0.3 is 4.74 Å². The maximum atomic E-state index is 14.1. The molecule has 0 radical (unpaired) electrons. The summed E-state index contributed by atoms with van der Waals surface area (Å²) in [5, 5.41) is 0. The van der Waals surface area contributed by atoms with Crippen molar-refractivity contribution in [1.29, 1.82) is 0 Å². The van der Waals surface area contributed by atoms with Crippen molar-refractivity contribution in [2.45, 2.75) is 51.2 Å². The number of hydrogen-bond acceptors (Lipinski definition) is 3. The van der Waals surface area contributed by atoms with E-state index in [2.05, 4.69) is 19.3 Å². The standard InChI is InChI=1S/C16H24F2N2O/c1-15(2)7-9-16(21-3,10-8-15)14(20-19)13-11(17)5-4-6-12(13)18/h4-6,14,20H,7-10,19H2,1-3H3. The molecule has 1 aromatic carbocycles. The molecule has 0 spiro atoms. The molecule has 3 nitrogen and oxygen atoms in total. The first kappa shape index (κ1) is 16.3. The molecule has 0 bridgehead atoms. The molecule has 21 heavy (non-hydrogen) atoms. The third-order valence-electron chi connectivity index (χ3n) is 4.84. The Bertz CT molecular complexity index is 475. The number of nitrogens with one attached hydrogen (secondary N) is 1. The van der Waals surface area contributed by atoms with E-state index in [9.17, 15) is 8.78 Å². The maximum Gasteiger partial charge on any atom is 0.131 e. The van der Waals surface area contributed by atoms with E-state index >= 15 is 0 Å². The molecule has 1 atom stereocenters. The Balaban J connectivity index is 2.39. The van der Waals surface area contributed by atoms with Crippen LogP contribution in [0.3, 0.4) is 0 Å². The van der Waals surface area contributed by atoms with Crippen LogP contribution in [0.5, 0.6) is 0 Å². The van der Waals surface area contributed by atoms with Crippen molar-refractivity contribution >= 4 is 0 Å². The lowest BCUT2D eigenvalue weighted by molar-refractivity contribution is -0.0890. The third-order valence-corrected chi connectivity index (χ3v) is 4.84. The Morgan fingerprint density at radius 2 is 1.67 bits per heavy atom.